The van der Waals surface area contributed by atoms with Crippen LogP contribution in [0, 0.1) is 0 Å². The molecular weight excluding hydrogens is 236 g/mol. The zero-order chi connectivity index (χ0) is 14.7. The molecule has 2 nitrogen and oxygen atoms in total. The lowest BCUT2D eigenvalue weighted by Crippen LogP contribution is -2.10. The predicted molar refractivity (Wildman–Crippen MR) is 84.1 cm³/mol. The molecule has 0 saturated heterocycles. The van der Waals surface area contributed by atoms with Crippen LogP contribution in [0.4, 0.5) is 0 Å². The highest BCUT2D eigenvalue weighted by Crippen LogP contribution is 2.36. The van der Waals surface area contributed by atoms with Crippen LogP contribution in [0.5, 0.6) is 11.5 Å². The summed E-state index contributed by atoms with van der Waals surface area (Å²) in [6.07, 6.45) is 0. The molecule has 2 heteroatoms. The van der Waals surface area contributed by atoms with E-state index in [1.807, 2.05) is 65.8 Å². The molecule has 0 spiro atoms. The van der Waals surface area contributed by atoms with Crippen LogP contribution in [-0.2, 0) is 0 Å². The molecule has 3 rings (SSSR count). The Kier molecular flexibility index (Phi) is 9.33. The topological polar surface area (TPSA) is 18.5 Å². The van der Waals surface area contributed by atoms with Gasteiger partial charge < -0.3 is 9.47 Å². The Morgan fingerprint density at radius 3 is 1.53 bits per heavy atom. The van der Waals surface area contributed by atoms with E-state index in [2.05, 4.69) is 12.1 Å². The molecule has 2 aromatic carbocycles. The van der Waals surface area contributed by atoms with Crippen LogP contribution in [0.2, 0.25) is 0 Å². The standard InChI is InChI=1S/C11H8O2.3C2H6/c1-3-8-4-2-6-10-11(8)9(5-1)12-7-13-10;3*1-2/h1-6H,7H2;3*1-2H3. The van der Waals surface area contributed by atoms with Crippen molar-refractivity contribution in [2.24, 2.45) is 0 Å². The number of benzene rings is 2. The summed E-state index contributed by atoms with van der Waals surface area (Å²) < 4.78 is 10.7. The monoisotopic (exact) mass is 262 g/mol. The highest BCUT2D eigenvalue weighted by molar-refractivity contribution is 5.94. The largest absolute Gasteiger partial charge is 0.457 e. The van der Waals surface area contributed by atoms with Crippen LogP contribution < -0.4 is 9.47 Å². The third-order valence-corrected chi connectivity index (χ3v) is 2.26. The highest BCUT2D eigenvalue weighted by Gasteiger charge is 2.12. The molecular formula is C17H26O2. The van der Waals surface area contributed by atoms with Gasteiger partial charge in [-0.2, -0.15) is 0 Å². The van der Waals surface area contributed by atoms with E-state index in [-0.39, 0.29) is 0 Å². The van der Waals surface area contributed by atoms with Gasteiger partial charge in [0.1, 0.15) is 11.5 Å². The Morgan fingerprint density at radius 2 is 1.11 bits per heavy atom. The van der Waals surface area contributed by atoms with Gasteiger partial charge in [0.25, 0.3) is 0 Å². The van der Waals surface area contributed by atoms with E-state index in [9.17, 15) is 0 Å². The molecule has 106 valence electrons. The van der Waals surface area contributed by atoms with Crippen LogP contribution in [0.25, 0.3) is 10.8 Å². The van der Waals surface area contributed by atoms with Gasteiger partial charge in [-0.05, 0) is 17.5 Å². The molecule has 0 aromatic heterocycles. The fraction of sp³-hybridized carbons (Fsp3) is 0.412. The third kappa shape index (κ3) is 4.16. The second-order valence-electron chi connectivity index (χ2n) is 3.02. The molecule has 0 N–H and O–H groups in total. The van der Waals surface area contributed by atoms with Crippen LogP contribution >= 0.6 is 0 Å². The minimum atomic E-state index is 0.316. The first-order chi connectivity index (χ1) is 9.45. The first-order valence-corrected chi connectivity index (χ1v) is 7.22. The second-order valence-corrected chi connectivity index (χ2v) is 3.02. The quantitative estimate of drug-likeness (QED) is 0.611. The SMILES string of the molecule is CC.CC.CC.c1cc2c3c(cccc3c1)OCO2. The summed E-state index contributed by atoms with van der Waals surface area (Å²) >= 11 is 0. The lowest BCUT2D eigenvalue weighted by Gasteiger charge is -2.18. The van der Waals surface area contributed by atoms with E-state index in [0.717, 1.165) is 22.3 Å². The van der Waals surface area contributed by atoms with Crippen molar-refractivity contribution in [1.82, 2.24) is 0 Å². The van der Waals surface area contributed by atoms with Crippen LogP contribution in [-0.4, -0.2) is 6.79 Å². The fourth-order valence-electron chi connectivity index (χ4n) is 1.67. The van der Waals surface area contributed by atoms with E-state index < -0.39 is 0 Å². The Balaban J connectivity index is 0.000000482. The summed E-state index contributed by atoms with van der Waals surface area (Å²) in [6, 6.07) is 12.0. The maximum absolute atomic E-state index is 5.37. The summed E-state index contributed by atoms with van der Waals surface area (Å²) in [4.78, 5) is 0. The van der Waals surface area contributed by atoms with Crippen molar-refractivity contribution in [2.75, 3.05) is 6.79 Å². The molecule has 0 saturated carbocycles. The Bertz CT molecular complexity index is 425. The van der Waals surface area contributed by atoms with Gasteiger partial charge >= 0.3 is 0 Å². The molecule has 2 aromatic rings. The van der Waals surface area contributed by atoms with Gasteiger partial charge in [0.05, 0.1) is 5.39 Å². The van der Waals surface area contributed by atoms with Crippen molar-refractivity contribution >= 4 is 10.8 Å². The van der Waals surface area contributed by atoms with E-state index in [1.165, 1.54) is 0 Å². The summed E-state index contributed by atoms with van der Waals surface area (Å²) in [6.45, 7) is 12.3. The third-order valence-electron chi connectivity index (χ3n) is 2.26. The lowest BCUT2D eigenvalue weighted by atomic mass is 10.1. The maximum Gasteiger partial charge on any atom is 0.230 e. The second kappa shape index (κ2) is 10.2. The molecule has 1 aliphatic heterocycles. The van der Waals surface area contributed by atoms with E-state index in [1.54, 1.807) is 0 Å². The average molecular weight is 262 g/mol. The summed E-state index contributed by atoms with van der Waals surface area (Å²) in [7, 11) is 0. The summed E-state index contributed by atoms with van der Waals surface area (Å²) in [5.74, 6) is 1.83. The molecule has 0 bridgehead atoms. The van der Waals surface area contributed by atoms with Crippen molar-refractivity contribution in [2.45, 2.75) is 41.5 Å². The molecule has 0 aliphatic carbocycles. The zero-order valence-corrected chi connectivity index (χ0v) is 13.0. The van der Waals surface area contributed by atoms with Crippen LogP contribution in [0.1, 0.15) is 41.5 Å². The summed E-state index contributed by atoms with van der Waals surface area (Å²) in [5.41, 5.74) is 0. The van der Waals surface area contributed by atoms with Gasteiger partial charge in [-0.15, -0.1) is 0 Å². The normalized spacial score (nSPS) is 10.2. The Morgan fingerprint density at radius 1 is 0.684 bits per heavy atom. The smallest absolute Gasteiger partial charge is 0.230 e. The average Bonchev–Trinajstić information content (AvgIpc) is 2.54. The van der Waals surface area contributed by atoms with Crippen molar-refractivity contribution in [1.29, 1.82) is 0 Å². The molecule has 0 atom stereocenters. The molecule has 1 heterocycles. The van der Waals surface area contributed by atoms with Crippen LogP contribution in [0.3, 0.4) is 0 Å². The highest BCUT2D eigenvalue weighted by atomic mass is 16.7. The molecule has 19 heavy (non-hydrogen) atoms. The minimum Gasteiger partial charge on any atom is -0.457 e. The fourth-order valence-corrected chi connectivity index (χ4v) is 1.67. The number of hydrogen-bond donors (Lipinski definition) is 0. The maximum atomic E-state index is 5.37. The number of rotatable bonds is 0. The Hall–Kier alpha value is -1.70. The Labute approximate surface area is 117 Å². The molecule has 0 unspecified atom stereocenters. The van der Waals surface area contributed by atoms with Crippen molar-refractivity contribution in [3.05, 3.63) is 36.4 Å². The first kappa shape index (κ1) is 17.3. The molecule has 0 radical (unpaired) electrons. The molecule has 1 aliphatic rings. The van der Waals surface area contributed by atoms with E-state index in [0.29, 0.717) is 6.79 Å². The zero-order valence-electron chi connectivity index (χ0n) is 13.0. The minimum absolute atomic E-state index is 0.316. The van der Waals surface area contributed by atoms with Gasteiger partial charge in [0, 0.05) is 0 Å². The van der Waals surface area contributed by atoms with E-state index in [4.69, 9.17) is 9.47 Å². The van der Waals surface area contributed by atoms with E-state index >= 15 is 0 Å². The number of ether oxygens (including phenoxy) is 2. The van der Waals surface area contributed by atoms with Crippen molar-refractivity contribution in [3.8, 4) is 11.5 Å². The molecule has 0 amide bonds. The first-order valence-electron chi connectivity index (χ1n) is 7.22. The predicted octanol–water partition coefficient (Wildman–Crippen LogP) is 5.65. The lowest BCUT2D eigenvalue weighted by molar-refractivity contribution is 0.112. The van der Waals surface area contributed by atoms with Gasteiger partial charge in [0.2, 0.25) is 6.79 Å². The van der Waals surface area contributed by atoms with Gasteiger partial charge in [-0.1, -0.05) is 65.8 Å². The van der Waals surface area contributed by atoms with Gasteiger partial charge in [-0.3, -0.25) is 0 Å². The summed E-state index contributed by atoms with van der Waals surface area (Å²) in [5, 5.41) is 2.24. The van der Waals surface area contributed by atoms with Gasteiger partial charge in [-0.25, -0.2) is 0 Å². The van der Waals surface area contributed by atoms with Crippen molar-refractivity contribution < 1.29 is 9.47 Å². The number of hydrogen-bond acceptors (Lipinski definition) is 2. The molecule has 0 fully saturated rings. The van der Waals surface area contributed by atoms with Gasteiger partial charge in [0.15, 0.2) is 0 Å². The van der Waals surface area contributed by atoms with Crippen LogP contribution in [0.15, 0.2) is 36.4 Å². The van der Waals surface area contributed by atoms with Crippen molar-refractivity contribution in [3.63, 3.8) is 0 Å².